The SMILES string of the molecule is NC(N)=NCCNc1ccc2c3c(cccc13)C(=O)N(c1ccccc1CCC(=O)NCCCCc1ccccc1)C2=O. The summed E-state index contributed by atoms with van der Waals surface area (Å²) in [6.07, 6.45) is 3.53. The molecule has 43 heavy (non-hydrogen) atoms. The van der Waals surface area contributed by atoms with Crippen LogP contribution in [0.3, 0.4) is 0 Å². The van der Waals surface area contributed by atoms with Crippen molar-refractivity contribution in [3.05, 3.63) is 107 Å². The topological polar surface area (TPSA) is 143 Å². The molecule has 0 aromatic heterocycles. The number of nitrogens with one attached hydrogen (secondary N) is 2. The van der Waals surface area contributed by atoms with Gasteiger partial charge in [-0.05, 0) is 61.1 Å². The van der Waals surface area contributed by atoms with Crippen molar-refractivity contribution in [3.8, 4) is 0 Å². The second kappa shape index (κ2) is 13.7. The molecule has 1 aliphatic heterocycles. The third-order valence-corrected chi connectivity index (χ3v) is 7.54. The highest BCUT2D eigenvalue weighted by molar-refractivity contribution is 6.36. The number of para-hydroxylation sites is 1. The molecule has 9 nitrogen and oxygen atoms in total. The van der Waals surface area contributed by atoms with Crippen LogP contribution in [0.5, 0.6) is 0 Å². The lowest BCUT2D eigenvalue weighted by Gasteiger charge is -2.29. The molecule has 4 aromatic carbocycles. The van der Waals surface area contributed by atoms with Gasteiger partial charge in [-0.2, -0.15) is 0 Å². The number of imide groups is 1. The first-order valence-corrected chi connectivity index (χ1v) is 14.6. The van der Waals surface area contributed by atoms with E-state index in [4.69, 9.17) is 11.5 Å². The first-order valence-electron chi connectivity index (χ1n) is 14.6. The first-order chi connectivity index (χ1) is 20.9. The van der Waals surface area contributed by atoms with Crippen LogP contribution in [-0.4, -0.2) is 43.3 Å². The summed E-state index contributed by atoms with van der Waals surface area (Å²) in [5, 5.41) is 7.68. The molecule has 6 N–H and O–H groups in total. The number of unbranched alkanes of at least 4 members (excludes halogenated alkanes) is 1. The summed E-state index contributed by atoms with van der Waals surface area (Å²) in [6.45, 7) is 1.49. The Kier molecular flexibility index (Phi) is 9.31. The summed E-state index contributed by atoms with van der Waals surface area (Å²) >= 11 is 0. The maximum atomic E-state index is 13.8. The van der Waals surface area contributed by atoms with Gasteiger partial charge in [0.05, 0.1) is 12.2 Å². The van der Waals surface area contributed by atoms with E-state index in [2.05, 4.69) is 27.8 Å². The van der Waals surface area contributed by atoms with Crippen molar-refractivity contribution < 1.29 is 14.4 Å². The fraction of sp³-hybridized carbons (Fsp3) is 0.235. The molecular formula is C34H36N6O3. The fourth-order valence-electron chi connectivity index (χ4n) is 5.45. The highest BCUT2D eigenvalue weighted by Gasteiger charge is 2.35. The van der Waals surface area contributed by atoms with Crippen LogP contribution in [0.4, 0.5) is 11.4 Å². The maximum absolute atomic E-state index is 13.8. The van der Waals surface area contributed by atoms with E-state index in [1.54, 1.807) is 24.3 Å². The maximum Gasteiger partial charge on any atom is 0.265 e. The second-order valence-corrected chi connectivity index (χ2v) is 10.5. The molecule has 0 radical (unpaired) electrons. The molecule has 1 heterocycles. The molecule has 0 saturated carbocycles. The Morgan fingerprint density at radius 1 is 0.767 bits per heavy atom. The minimum atomic E-state index is -0.393. The van der Waals surface area contributed by atoms with Crippen molar-refractivity contribution in [2.45, 2.75) is 32.1 Å². The lowest BCUT2D eigenvalue weighted by molar-refractivity contribution is -0.121. The quantitative estimate of drug-likeness (QED) is 0.0804. The molecule has 3 amide bonds. The van der Waals surface area contributed by atoms with Gasteiger partial charge < -0.3 is 22.1 Å². The summed E-state index contributed by atoms with van der Waals surface area (Å²) < 4.78 is 0. The third kappa shape index (κ3) is 6.83. The summed E-state index contributed by atoms with van der Waals surface area (Å²) in [5.41, 5.74) is 15.1. The number of aryl methyl sites for hydroxylation is 2. The number of aliphatic imine (C=N–C) groups is 1. The average Bonchev–Trinajstić information content (AvgIpc) is 3.02. The molecule has 0 saturated heterocycles. The van der Waals surface area contributed by atoms with Crippen LogP contribution < -0.4 is 27.0 Å². The number of amides is 3. The Balaban J connectivity index is 1.26. The van der Waals surface area contributed by atoms with Gasteiger partial charge >= 0.3 is 0 Å². The molecule has 0 bridgehead atoms. The Labute approximate surface area is 251 Å². The standard InChI is InChI=1S/C34H36N6O3/c35-34(36)39-22-21-37-28-18-17-27-31-25(28)13-8-14-26(31)32(42)40(33(27)43)29-15-5-4-12-24(29)16-19-30(41)38-20-7-6-11-23-9-2-1-3-10-23/h1-5,8-10,12-15,17-18,37H,6-7,11,16,19-22H2,(H,38,41)(H4,35,36,39). The normalized spacial score (nSPS) is 12.3. The molecular weight excluding hydrogens is 540 g/mol. The van der Waals surface area contributed by atoms with Crippen molar-refractivity contribution in [2.75, 3.05) is 29.9 Å². The van der Waals surface area contributed by atoms with Gasteiger partial charge in [0, 0.05) is 47.1 Å². The molecule has 0 spiro atoms. The number of hydrogen-bond donors (Lipinski definition) is 4. The second-order valence-electron chi connectivity index (χ2n) is 10.5. The van der Waals surface area contributed by atoms with Crippen LogP contribution in [-0.2, 0) is 17.6 Å². The van der Waals surface area contributed by atoms with Gasteiger partial charge in [0.25, 0.3) is 11.8 Å². The van der Waals surface area contributed by atoms with E-state index < -0.39 is 11.8 Å². The molecule has 0 unspecified atom stereocenters. The van der Waals surface area contributed by atoms with Crippen molar-refractivity contribution in [3.63, 3.8) is 0 Å². The number of carbonyl (C=O) groups excluding carboxylic acids is 3. The molecule has 220 valence electrons. The fourth-order valence-corrected chi connectivity index (χ4v) is 5.45. The van der Waals surface area contributed by atoms with Crippen LogP contribution in [0, 0.1) is 0 Å². The van der Waals surface area contributed by atoms with Gasteiger partial charge in [0.15, 0.2) is 5.96 Å². The van der Waals surface area contributed by atoms with Crippen molar-refractivity contribution in [1.29, 1.82) is 0 Å². The summed E-state index contributed by atoms with van der Waals surface area (Å²) in [5.74, 6) is -0.821. The number of hydrogen-bond acceptors (Lipinski definition) is 5. The van der Waals surface area contributed by atoms with E-state index in [0.717, 1.165) is 35.9 Å². The van der Waals surface area contributed by atoms with Crippen LogP contribution in [0.1, 0.15) is 51.1 Å². The molecule has 4 aromatic rings. The van der Waals surface area contributed by atoms with Crippen LogP contribution in [0.25, 0.3) is 10.8 Å². The monoisotopic (exact) mass is 576 g/mol. The zero-order valence-electron chi connectivity index (χ0n) is 24.0. The Bertz CT molecular complexity index is 1640. The zero-order valence-corrected chi connectivity index (χ0v) is 24.0. The Morgan fingerprint density at radius 3 is 2.30 bits per heavy atom. The smallest absolute Gasteiger partial charge is 0.265 e. The van der Waals surface area contributed by atoms with Crippen LogP contribution in [0.2, 0.25) is 0 Å². The van der Waals surface area contributed by atoms with E-state index in [9.17, 15) is 14.4 Å². The van der Waals surface area contributed by atoms with Crippen molar-refractivity contribution in [1.82, 2.24) is 5.32 Å². The summed E-state index contributed by atoms with van der Waals surface area (Å²) in [4.78, 5) is 45.5. The van der Waals surface area contributed by atoms with Crippen LogP contribution in [0.15, 0.2) is 89.9 Å². The van der Waals surface area contributed by atoms with Gasteiger partial charge in [-0.1, -0.05) is 60.7 Å². The van der Waals surface area contributed by atoms with Gasteiger partial charge in [0.1, 0.15) is 0 Å². The third-order valence-electron chi connectivity index (χ3n) is 7.54. The molecule has 0 fully saturated rings. The molecule has 0 atom stereocenters. The molecule has 5 rings (SSSR count). The summed E-state index contributed by atoms with van der Waals surface area (Å²) in [6, 6.07) is 26.6. The van der Waals surface area contributed by atoms with Gasteiger partial charge in [-0.15, -0.1) is 0 Å². The Morgan fingerprint density at radius 2 is 1.51 bits per heavy atom. The lowest BCUT2D eigenvalue weighted by atomic mass is 9.92. The number of nitrogens with zero attached hydrogens (tertiary/aromatic N) is 2. The van der Waals surface area contributed by atoms with E-state index in [-0.39, 0.29) is 18.3 Å². The van der Waals surface area contributed by atoms with E-state index in [1.807, 2.05) is 48.5 Å². The van der Waals surface area contributed by atoms with E-state index in [0.29, 0.717) is 48.3 Å². The summed E-state index contributed by atoms with van der Waals surface area (Å²) in [7, 11) is 0. The molecule has 1 aliphatic rings. The number of anilines is 2. The lowest BCUT2D eigenvalue weighted by Crippen LogP contribution is -2.41. The van der Waals surface area contributed by atoms with Gasteiger partial charge in [-0.25, -0.2) is 4.90 Å². The van der Waals surface area contributed by atoms with Crippen molar-refractivity contribution >= 4 is 45.8 Å². The van der Waals surface area contributed by atoms with Crippen LogP contribution >= 0.6 is 0 Å². The van der Waals surface area contributed by atoms with Gasteiger partial charge in [0.2, 0.25) is 5.91 Å². The molecule has 0 aliphatic carbocycles. The number of nitrogens with two attached hydrogens (primary N) is 2. The highest BCUT2D eigenvalue weighted by Crippen LogP contribution is 2.37. The predicted octanol–water partition coefficient (Wildman–Crippen LogP) is 4.40. The zero-order chi connectivity index (χ0) is 30.2. The Hall–Kier alpha value is -5.18. The average molecular weight is 577 g/mol. The number of guanidine groups is 1. The highest BCUT2D eigenvalue weighted by atomic mass is 16.2. The number of benzene rings is 4. The van der Waals surface area contributed by atoms with Crippen molar-refractivity contribution in [2.24, 2.45) is 16.5 Å². The van der Waals surface area contributed by atoms with E-state index >= 15 is 0 Å². The largest absolute Gasteiger partial charge is 0.383 e. The first kappa shape index (κ1) is 29.3. The number of rotatable bonds is 13. The van der Waals surface area contributed by atoms with Gasteiger partial charge in [-0.3, -0.25) is 19.4 Å². The number of carbonyl (C=O) groups is 3. The van der Waals surface area contributed by atoms with E-state index in [1.165, 1.54) is 10.5 Å². The predicted molar refractivity (Wildman–Crippen MR) is 171 cm³/mol. The molecule has 9 heteroatoms. The minimum absolute atomic E-state index is 0.0189. The minimum Gasteiger partial charge on any atom is -0.383 e.